The van der Waals surface area contributed by atoms with Crippen molar-refractivity contribution in [2.75, 3.05) is 11.9 Å². The molecular formula is C14H17N3O3. The number of nitrogens with one attached hydrogen (secondary N) is 1. The van der Waals surface area contributed by atoms with Gasteiger partial charge in [-0.1, -0.05) is 13.8 Å². The Hall–Kier alpha value is -2.21. The van der Waals surface area contributed by atoms with Crippen LogP contribution in [-0.2, 0) is 0 Å². The molecule has 1 atom stereocenters. The van der Waals surface area contributed by atoms with Crippen LogP contribution in [0.3, 0.4) is 0 Å². The summed E-state index contributed by atoms with van der Waals surface area (Å²) in [7, 11) is 0. The number of anilines is 1. The van der Waals surface area contributed by atoms with Gasteiger partial charge in [-0.15, -0.1) is 0 Å². The lowest BCUT2D eigenvalue weighted by Crippen LogP contribution is -2.29. The maximum Gasteiger partial charge on any atom is 0.270 e. The molecule has 0 fully saturated rings. The highest BCUT2D eigenvalue weighted by molar-refractivity contribution is 5.82. The molecule has 0 aliphatic rings. The fourth-order valence-corrected chi connectivity index (χ4v) is 1.92. The molecule has 2 rings (SSSR count). The van der Waals surface area contributed by atoms with Gasteiger partial charge in [-0.05, 0) is 24.1 Å². The summed E-state index contributed by atoms with van der Waals surface area (Å²) in [5, 5.41) is 23.9. The number of hydrogen-bond donors (Lipinski definition) is 2. The summed E-state index contributed by atoms with van der Waals surface area (Å²) in [6.07, 6.45) is 0. The van der Waals surface area contributed by atoms with Gasteiger partial charge in [0.1, 0.15) is 5.82 Å². The van der Waals surface area contributed by atoms with E-state index < -0.39 is 4.92 Å². The lowest BCUT2D eigenvalue weighted by atomic mass is 10.1. The maximum absolute atomic E-state index is 10.7. The summed E-state index contributed by atoms with van der Waals surface area (Å²) in [4.78, 5) is 14.7. The van der Waals surface area contributed by atoms with E-state index in [1.165, 1.54) is 12.1 Å². The number of rotatable bonds is 5. The van der Waals surface area contributed by atoms with Crippen molar-refractivity contribution >= 4 is 22.4 Å². The average Bonchev–Trinajstić information content (AvgIpc) is 2.43. The Balaban J connectivity index is 2.30. The van der Waals surface area contributed by atoms with Crippen LogP contribution >= 0.6 is 0 Å². The van der Waals surface area contributed by atoms with Crippen molar-refractivity contribution in [1.29, 1.82) is 0 Å². The van der Waals surface area contributed by atoms with Gasteiger partial charge in [0, 0.05) is 17.5 Å². The number of aliphatic hydroxyl groups is 1. The van der Waals surface area contributed by atoms with E-state index in [2.05, 4.69) is 10.3 Å². The molecule has 0 saturated carbocycles. The Bertz CT molecular complexity index is 628. The van der Waals surface area contributed by atoms with Crippen LogP contribution in [0.2, 0.25) is 0 Å². The molecule has 1 heterocycles. The number of hydrogen-bond acceptors (Lipinski definition) is 5. The first-order valence-corrected chi connectivity index (χ1v) is 6.44. The first-order chi connectivity index (χ1) is 9.51. The smallest absolute Gasteiger partial charge is 0.270 e. The second-order valence-electron chi connectivity index (χ2n) is 5.01. The number of nitro benzene ring substituents is 1. The zero-order valence-electron chi connectivity index (χ0n) is 11.4. The highest BCUT2D eigenvalue weighted by Gasteiger charge is 2.13. The first kappa shape index (κ1) is 14.2. The van der Waals surface area contributed by atoms with E-state index in [0.29, 0.717) is 11.3 Å². The number of aliphatic hydroxyl groups excluding tert-OH is 1. The van der Waals surface area contributed by atoms with Crippen molar-refractivity contribution in [1.82, 2.24) is 4.98 Å². The van der Waals surface area contributed by atoms with Crippen molar-refractivity contribution in [3.63, 3.8) is 0 Å². The highest BCUT2D eigenvalue weighted by atomic mass is 16.6. The summed E-state index contributed by atoms with van der Waals surface area (Å²) >= 11 is 0. The van der Waals surface area contributed by atoms with E-state index in [1.54, 1.807) is 18.2 Å². The Labute approximate surface area is 116 Å². The number of aromatic nitrogens is 1. The van der Waals surface area contributed by atoms with Gasteiger partial charge in [0.05, 0.1) is 23.1 Å². The number of non-ortho nitro benzene ring substituents is 1. The maximum atomic E-state index is 10.7. The molecule has 20 heavy (non-hydrogen) atoms. The lowest BCUT2D eigenvalue weighted by Gasteiger charge is -2.20. The molecule has 2 aromatic rings. The van der Waals surface area contributed by atoms with E-state index in [0.717, 1.165) is 5.39 Å². The van der Waals surface area contributed by atoms with Crippen LogP contribution in [0.1, 0.15) is 13.8 Å². The Morgan fingerprint density at radius 3 is 2.70 bits per heavy atom. The largest absolute Gasteiger partial charge is 0.394 e. The molecule has 0 saturated heterocycles. The van der Waals surface area contributed by atoms with Crippen LogP contribution in [0, 0.1) is 16.0 Å². The fraction of sp³-hybridized carbons (Fsp3) is 0.357. The Morgan fingerprint density at radius 2 is 2.10 bits per heavy atom. The molecule has 106 valence electrons. The Kier molecular flexibility index (Phi) is 4.14. The van der Waals surface area contributed by atoms with Crippen LogP contribution in [0.15, 0.2) is 30.3 Å². The van der Waals surface area contributed by atoms with Crippen molar-refractivity contribution < 1.29 is 10.0 Å². The molecule has 1 unspecified atom stereocenters. The minimum Gasteiger partial charge on any atom is -0.394 e. The standard InChI is InChI=1S/C14H17N3O3/c1-9(2)13(8-18)16-14-6-3-10-7-11(17(19)20)4-5-12(10)15-14/h3-7,9,13,18H,8H2,1-2H3,(H,15,16). The highest BCUT2D eigenvalue weighted by Crippen LogP contribution is 2.21. The molecule has 1 aromatic carbocycles. The van der Waals surface area contributed by atoms with Crippen LogP contribution in [0.5, 0.6) is 0 Å². The van der Waals surface area contributed by atoms with E-state index in [1.807, 2.05) is 13.8 Å². The number of nitro groups is 1. The molecule has 0 bridgehead atoms. The quantitative estimate of drug-likeness (QED) is 0.646. The predicted octanol–water partition coefficient (Wildman–Crippen LogP) is 2.57. The first-order valence-electron chi connectivity index (χ1n) is 6.44. The summed E-state index contributed by atoms with van der Waals surface area (Å²) in [5.74, 6) is 0.925. The number of nitrogens with zero attached hydrogens (tertiary/aromatic N) is 2. The molecular weight excluding hydrogens is 258 g/mol. The molecule has 2 N–H and O–H groups in total. The normalized spacial score (nSPS) is 12.6. The molecule has 0 amide bonds. The molecule has 0 spiro atoms. The third-order valence-corrected chi connectivity index (χ3v) is 3.22. The Morgan fingerprint density at radius 1 is 1.35 bits per heavy atom. The number of pyridine rings is 1. The van der Waals surface area contributed by atoms with E-state index in [-0.39, 0.29) is 24.3 Å². The van der Waals surface area contributed by atoms with Gasteiger partial charge in [-0.2, -0.15) is 0 Å². The molecule has 0 aliphatic heterocycles. The SMILES string of the molecule is CC(C)C(CO)Nc1ccc2cc([N+](=O)[O-])ccc2n1. The average molecular weight is 275 g/mol. The van der Waals surface area contributed by atoms with Gasteiger partial charge >= 0.3 is 0 Å². The van der Waals surface area contributed by atoms with E-state index in [9.17, 15) is 15.2 Å². The molecule has 1 aromatic heterocycles. The lowest BCUT2D eigenvalue weighted by molar-refractivity contribution is -0.384. The molecule has 0 radical (unpaired) electrons. The number of fused-ring (bicyclic) bond motifs is 1. The second-order valence-corrected chi connectivity index (χ2v) is 5.01. The minimum absolute atomic E-state index is 0.0254. The third kappa shape index (κ3) is 3.03. The molecule has 6 heteroatoms. The van der Waals surface area contributed by atoms with Crippen molar-refractivity contribution in [2.45, 2.75) is 19.9 Å². The van der Waals surface area contributed by atoms with Gasteiger partial charge in [0.2, 0.25) is 0 Å². The monoisotopic (exact) mass is 275 g/mol. The van der Waals surface area contributed by atoms with Crippen molar-refractivity contribution in [2.24, 2.45) is 5.92 Å². The summed E-state index contributed by atoms with van der Waals surface area (Å²) in [6.45, 7) is 4.05. The summed E-state index contributed by atoms with van der Waals surface area (Å²) in [6, 6.07) is 8.03. The van der Waals surface area contributed by atoms with Crippen LogP contribution in [0.25, 0.3) is 10.9 Å². The van der Waals surface area contributed by atoms with Crippen molar-refractivity contribution in [3.8, 4) is 0 Å². The third-order valence-electron chi connectivity index (χ3n) is 3.22. The second kappa shape index (κ2) is 5.83. The summed E-state index contributed by atoms with van der Waals surface area (Å²) < 4.78 is 0. The topological polar surface area (TPSA) is 88.3 Å². The summed E-state index contributed by atoms with van der Waals surface area (Å²) in [5.41, 5.74) is 0.733. The van der Waals surface area contributed by atoms with Gasteiger partial charge in [-0.25, -0.2) is 4.98 Å². The van der Waals surface area contributed by atoms with E-state index >= 15 is 0 Å². The van der Waals surface area contributed by atoms with Gasteiger partial charge in [-0.3, -0.25) is 10.1 Å². The van der Waals surface area contributed by atoms with Crippen LogP contribution in [0.4, 0.5) is 11.5 Å². The minimum atomic E-state index is -0.424. The van der Waals surface area contributed by atoms with Crippen molar-refractivity contribution in [3.05, 3.63) is 40.4 Å². The zero-order chi connectivity index (χ0) is 14.7. The van der Waals surface area contributed by atoms with E-state index in [4.69, 9.17) is 0 Å². The fourth-order valence-electron chi connectivity index (χ4n) is 1.92. The number of benzene rings is 1. The van der Waals surface area contributed by atoms with Crippen LogP contribution in [-0.4, -0.2) is 27.7 Å². The molecule has 0 aliphatic carbocycles. The predicted molar refractivity (Wildman–Crippen MR) is 77.7 cm³/mol. The van der Waals surface area contributed by atoms with Gasteiger partial charge in [0.15, 0.2) is 0 Å². The van der Waals surface area contributed by atoms with Crippen LogP contribution < -0.4 is 5.32 Å². The zero-order valence-corrected chi connectivity index (χ0v) is 11.4. The molecule has 6 nitrogen and oxygen atoms in total. The van der Waals surface area contributed by atoms with Gasteiger partial charge in [0.25, 0.3) is 5.69 Å². The van der Waals surface area contributed by atoms with Gasteiger partial charge < -0.3 is 10.4 Å².